The van der Waals surface area contributed by atoms with Crippen LogP contribution in [-0.2, 0) is 30.3 Å². The molecule has 1 aromatic rings. The zero-order valence-electron chi connectivity index (χ0n) is 16.2. The quantitative estimate of drug-likeness (QED) is 0.482. The zero-order valence-corrected chi connectivity index (χ0v) is 16.2. The molecule has 1 aliphatic rings. The summed E-state index contributed by atoms with van der Waals surface area (Å²) < 4.78 is 9.22. The number of carbonyl (C=O) groups excluding carboxylic acids is 5. The third-order valence-corrected chi connectivity index (χ3v) is 4.27. The van der Waals surface area contributed by atoms with E-state index < -0.39 is 48.6 Å². The summed E-state index contributed by atoms with van der Waals surface area (Å²) in [6, 6.07) is 8.77. The van der Waals surface area contributed by atoms with E-state index in [2.05, 4.69) is 10.1 Å². The number of rotatable bonds is 8. The van der Waals surface area contributed by atoms with Gasteiger partial charge in [0.1, 0.15) is 12.1 Å². The first-order valence-corrected chi connectivity index (χ1v) is 9.05. The Balaban J connectivity index is 1.85. The second-order valence-electron chi connectivity index (χ2n) is 6.57. The first-order valence-electron chi connectivity index (χ1n) is 9.05. The number of nitrogens with zero attached hydrogens (tertiary/aromatic N) is 1. The lowest BCUT2D eigenvalue weighted by Crippen LogP contribution is -2.45. The molecule has 1 aromatic carbocycles. The van der Waals surface area contributed by atoms with Crippen LogP contribution >= 0.6 is 0 Å². The zero-order chi connectivity index (χ0) is 21.4. The van der Waals surface area contributed by atoms with Crippen LogP contribution in [0.25, 0.3) is 0 Å². The number of alkyl carbamates (subject to hydrolysis) is 1. The van der Waals surface area contributed by atoms with Crippen LogP contribution in [0.4, 0.5) is 9.59 Å². The van der Waals surface area contributed by atoms with Gasteiger partial charge in [0.05, 0.1) is 6.61 Å². The maximum Gasteiger partial charge on any atom is 0.413 e. The molecule has 0 unspecified atom stereocenters. The fraction of sp³-hybridized carbons (Fsp3) is 0.421. The third kappa shape index (κ3) is 6.03. The topological polar surface area (TPSA) is 131 Å². The van der Waals surface area contributed by atoms with Crippen LogP contribution in [0.15, 0.2) is 30.3 Å². The summed E-state index contributed by atoms with van der Waals surface area (Å²) in [4.78, 5) is 60.0. The van der Waals surface area contributed by atoms with Gasteiger partial charge in [-0.05, 0) is 32.3 Å². The van der Waals surface area contributed by atoms with Crippen LogP contribution in [0.1, 0.15) is 25.8 Å². The second kappa shape index (κ2) is 9.67. The van der Waals surface area contributed by atoms with E-state index in [1.807, 2.05) is 35.6 Å². The Kier molecular flexibility index (Phi) is 7.29. The highest BCUT2D eigenvalue weighted by atomic mass is 16.6. The van der Waals surface area contributed by atoms with E-state index in [0.717, 1.165) is 10.5 Å². The Bertz CT molecular complexity index is 796. The van der Waals surface area contributed by atoms with Crippen molar-refractivity contribution in [3.8, 4) is 0 Å². The third-order valence-electron chi connectivity index (χ3n) is 4.27. The molecule has 5 amide bonds. The van der Waals surface area contributed by atoms with Crippen LogP contribution in [0, 0.1) is 0 Å². The molecule has 0 spiro atoms. The predicted octanol–water partition coefficient (Wildman–Crippen LogP) is 0.746. The number of hydrogen-bond acceptors (Lipinski definition) is 7. The van der Waals surface area contributed by atoms with E-state index in [1.54, 1.807) is 13.8 Å². The standard InChI is InChI=1S/C19H23N3O7/c1-3-28-18(27)20-14(23)12-29-15(24)11-22-16(25)19(2,21-17(22)26)10-9-13-7-5-4-6-8-13/h4-8H,3,9-12H2,1-2H3,(H,21,26)(H,20,23,27)/t19-/m1/s1. The molecule has 1 atom stereocenters. The van der Waals surface area contributed by atoms with Gasteiger partial charge in [-0.3, -0.25) is 24.6 Å². The van der Waals surface area contributed by atoms with Crippen molar-refractivity contribution in [3.05, 3.63) is 35.9 Å². The van der Waals surface area contributed by atoms with Gasteiger partial charge >= 0.3 is 18.1 Å². The molecule has 1 heterocycles. The maximum atomic E-state index is 12.6. The maximum absolute atomic E-state index is 12.6. The van der Waals surface area contributed by atoms with Crippen molar-refractivity contribution < 1.29 is 33.4 Å². The Morgan fingerprint density at radius 3 is 2.48 bits per heavy atom. The highest BCUT2D eigenvalue weighted by Gasteiger charge is 2.48. The Morgan fingerprint density at radius 2 is 1.83 bits per heavy atom. The molecule has 2 N–H and O–H groups in total. The Morgan fingerprint density at radius 1 is 1.14 bits per heavy atom. The molecule has 10 nitrogen and oxygen atoms in total. The average Bonchev–Trinajstić information content (AvgIpc) is 2.89. The van der Waals surface area contributed by atoms with Gasteiger partial charge < -0.3 is 14.8 Å². The fourth-order valence-electron chi connectivity index (χ4n) is 2.74. The molecular weight excluding hydrogens is 382 g/mol. The summed E-state index contributed by atoms with van der Waals surface area (Å²) >= 11 is 0. The molecule has 0 radical (unpaired) electrons. The number of hydrogen-bond donors (Lipinski definition) is 2. The molecule has 156 valence electrons. The number of amides is 5. The number of imide groups is 2. The van der Waals surface area contributed by atoms with Gasteiger partial charge in [0, 0.05) is 0 Å². The summed E-state index contributed by atoms with van der Waals surface area (Å²) in [6.07, 6.45) is -0.0399. The summed E-state index contributed by atoms with van der Waals surface area (Å²) in [5.74, 6) is -2.40. The number of urea groups is 1. The van der Waals surface area contributed by atoms with Crippen molar-refractivity contribution in [2.45, 2.75) is 32.2 Å². The summed E-state index contributed by atoms with van der Waals surface area (Å²) in [5, 5.41) is 4.46. The number of carbonyl (C=O) groups is 5. The Hall–Kier alpha value is -3.43. The van der Waals surface area contributed by atoms with Gasteiger partial charge in [0.2, 0.25) is 0 Å². The molecule has 0 bridgehead atoms. The van der Waals surface area contributed by atoms with Crippen molar-refractivity contribution in [2.24, 2.45) is 0 Å². The second-order valence-corrected chi connectivity index (χ2v) is 6.57. The molecule has 0 saturated carbocycles. The first-order chi connectivity index (χ1) is 13.7. The lowest BCUT2D eigenvalue weighted by molar-refractivity contribution is -0.151. The van der Waals surface area contributed by atoms with Gasteiger partial charge in [-0.15, -0.1) is 0 Å². The first kappa shape index (κ1) is 21.9. The smallest absolute Gasteiger partial charge is 0.413 e. The Labute approximate surface area is 167 Å². The van der Waals surface area contributed by atoms with E-state index in [4.69, 9.17) is 4.74 Å². The van der Waals surface area contributed by atoms with Crippen molar-refractivity contribution in [3.63, 3.8) is 0 Å². The summed E-state index contributed by atoms with van der Waals surface area (Å²) in [5.41, 5.74) is -0.129. The number of ether oxygens (including phenoxy) is 2. The number of nitrogens with one attached hydrogen (secondary N) is 2. The van der Waals surface area contributed by atoms with Crippen molar-refractivity contribution >= 4 is 29.9 Å². The lowest BCUT2D eigenvalue weighted by Gasteiger charge is -2.21. The van der Waals surface area contributed by atoms with Crippen molar-refractivity contribution in [1.82, 2.24) is 15.5 Å². The minimum atomic E-state index is -1.14. The van der Waals surface area contributed by atoms with Crippen LogP contribution in [0.2, 0.25) is 0 Å². The molecule has 2 rings (SSSR count). The molecule has 1 aliphatic heterocycles. The normalized spacial score (nSPS) is 18.2. The molecule has 29 heavy (non-hydrogen) atoms. The van der Waals surface area contributed by atoms with E-state index in [9.17, 15) is 24.0 Å². The van der Waals surface area contributed by atoms with Gasteiger partial charge in [0.25, 0.3) is 11.8 Å². The van der Waals surface area contributed by atoms with Crippen LogP contribution < -0.4 is 10.6 Å². The summed E-state index contributed by atoms with van der Waals surface area (Å²) in [7, 11) is 0. The molecule has 0 aromatic heterocycles. The summed E-state index contributed by atoms with van der Waals surface area (Å²) in [6.45, 7) is 1.85. The van der Waals surface area contributed by atoms with Gasteiger partial charge in [0.15, 0.2) is 6.61 Å². The highest BCUT2D eigenvalue weighted by molar-refractivity contribution is 6.08. The minimum Gasteiger partial charge on any atom is -0.454 e. The lowest BCUT2D eigenvalue weighted by atomic mass is 9.93. The largest absolute Gasteiger partial charge is 0.454 e. The van der Waals surface area contributed by atoms with Gasteiger partial charge in [-0.2, -0.15) is 0 Å². The van der Waals surface area contributed by atoms with Crippen LogP contribution in [0.3, 0.4) is 0 Å². The fourth-order valence-corrected chi connectivity index (χ4v) is 2.74. The monoisotopic (exact) mass is 405 g/mol. The minimum absolute atomic E-state index is 0.0775. The predicted molar refractivity (Wildman–Crippen MR) is 99.5 cm³/mol. The van der Waals surface area contributed by atoms with Gasteiger partial charge in [-0.1, -0.05) is 30.3 Å². The van der Waals surface area contributed by atoms with Gasteiger partial charge in [-0.25, -0.2) is 9.59 Å². The van der Waals surface area contributed by atoms with E-state index in [0.29, 0.717) is 12.8 Å². The molecule has 1 saturated heterocycles. The number of esters is 1. The SMILES string of the molecule is CCOC(=O)NC(=O)COC(=O)CN1C(=O)N[C@](C)(CCc2ccccc2)C1=O. The van der Waals surface area contributed by atoms with Crippen molar-refractivity contribution in [1.29, 1.82) is 0 Å². The van der Waals surface area contributed by atoms with Crippen molar-refractivity contribution in [2.75, 3.05) is 19.8 Å². The highest BCUT2D eigenvalue weighted by Crippen LogP contribution is 2.23. The number of benzene rings is 1. The molecule has 10 heteroatoms. The van der Waals surface area contributed by atoms with E-state index >= 15 is 0 Å². The van der Waals surface area contributed by atoms with Crippen LogP contribution in [-0.4, -0.2) is 60.1 Å². The molecule has 1 fully saturated rings. The van der Waals surface area contributed by atoms with E-state index in [-0.39, 0.29) is 6.61 Å². The average molecular weight is 405 g/mol. The molecule has 0 aliphatic carbocycles. The van der Waals surface area contributed by atoms with E-state index in [1.165, 1.54) is 0 Å². The number of aryl methyl sites for hydroxylation is 1. The molecular formula is C19H23N3O7. The van der Waals surface area contributed by atoms with Crippen LogP contribution in [0.5, 0.6) is 0 Å².